The molecule has 3 saturated carbocycles. The minimum atomic E-state index is -1.15. The number of allylic oxidation sites excluding steroid dienone is 1. The fourth-order valence-electron chi connectivity index (χ4n) is 7.11. The van der Waals surface area contributed by atoms with Gasteiger partial charge in [0.1, 0.15) is 0 Å². The van der Waals surface area contributed by atoms with Gasteiger partial charge in [-0.1, -0.05) is 26.3 Å². The second-order valence-corrected chi connectivity index (χ2v) is 9.49. The summed E-state index contributed by atoms with van der Waals surface area (Å²) >= 11 is 0. The lowest BCUT2D eigenvalue weighted by molar-refractivity contribution is -0.123. The van der Waals surface area contributed by atoms with Crippen molar-refractivity contribution in [3.8, 4) is 6.07 Å². The van der Waals surface area contributed by atoms with Crippen LogP contribution in [0, 0.1) is 45.8 Å². The average Bonchev–Trinajstić information content (AvgIpc) is 2.82. The van der Waals surface area contributed by atoms with Gasteiger partial charge in [-0.25, -0.2) is 0 Å². The van der Waals surface area contributed by atoms with E-state index in [4.69, 9.17) is 0 Å². The Kier molecular flexibility index (Phi) is 3.37. The molecular formula is C21H29NO2. The van der Waals surface area contributed by atoms with Crippen LogP contribution >= 0.6 is 0 Å². The molecule has 0 aromatic heterocycles. The van der Waals surface area contributed by atoms with Crippen LogP contribution in [0.25, 0.3) is 0 Å². The zero-order chi connectivity index (χ0) is 17.3. The third-order valence-corrected chi connectivity index (χ3v) is 8.65. The molecule has 4 aliphatic rings. The van der Waals surface area contributed by atoms with E-state index in [1.54, 1.807) is 0 Å². The summed E-state index contributed by atoms with van der Waals surface area (Å²) in [6.07, 6.45) is 8.24. The van der Waals surface area contributed by atoms with Crippen LogP contribution in [0.3, 0.4) is 0 Å². The molecule has 0 bridgehead atoms. The number of nitrogens with zero attached hydrogens (tertiary/aromatic N) is 1. The molecule has 0 aromatic rings. The van der Waals surface area contributed by atoms with Crippen LogP contribution in [0.5, 0.6) is 0 Å². The quantitative estimate of drug-likeness (QED) is 0.684. The van der Waals surface area contributed by atoms with Crippen molar-refractivity contribution in [2.75, 3.05) is 0 Å². The fourth-order valence-corrected chi connectivity index (χ4v) is 7.11. The first-order valence-corrected chi connectivity index (χ1v) is 9.63. The number of rotatable bonds is 0. The highest BCUT2D eigenvalue weighted by atomic mass is 16.3. The van der Waals surface area contributed by atoms with E-state index in [1.165, 1.54) is 5.57 Å². The molecule has 0 spiro atoms. The molecule has 0 amide bonds. The van der Waals surface area contributed by atoms with Crippen molar-refractivity contribution in [2.45, 2.75) is 71.3 Å². The predicted molar refractivity (Wildman–Crippen MR) is 91.8 cm³/mol. The summed E-state index contributed by atoms with van der Waals surface area (Å²) in [6.45, 7) is 6.87. The van der Waals surface area contributed by atoms with Crippen LogP contribution in [-0.2, 0) is 4.79 Å². The standard InChI is InChI=1S/C21H29NO2/c1-13-10-14-11-15(23)4-7-19(14,2)16-5-8-20(3)17(18(13)16)6-9-21(20,24)12-22/h11,13,16-18,24H,4-10H2,1-3H3/t13?,16-,17-,18+,19-,20-,21?/m0/s1. The molecule has 0 heterocycles. The van der Waals surface area contributed by atoms with Gasteiger partial charge in [-0.05, 0) is 73.7 Å². The highest BCUT2D eigenvalue weighted by Crippen LogP contribution is 2.68. The van der Waals surface area contributed by atoms with E-state index < -0.39 is 5.60 Å². The Morgan fingerprint density at radius 2 is 1.92 bits per heavy atom. The van der Waals surface area contributed by atoms with Gasteiger partial charge in [-0.2, -0.15) is 5.26 Å². The SMILES string of the molecule is CC1CC2=CC(=O)CC[C@]2(C)[C@H]2CC[C@@]3(C)[C@@H](CCC3(O)C#N)[C@H]12. The van der Waals surface area contributed by atoms with Gasteiger partial charge in [0.15, 0.2) is 11.4 Å². The van der Waals surface area contributed by atoms with Gasteiger partial charge in [0, 0.05) is 11.8 Å². The van der Waals surface area contributed by atoms with Crippen LogP contribution < -0.4 is 0 Å². The van der Waals surface area contributed by atoms with E-state index >= 15 is 0 Å². The molecule has 130 valence electrons. The van der Waals surface area contributed by atoms with Crippen molar-refractivity contribution in [1.29, 1.82) is 5.26 Å². The van der Waals surface area contributed by atoms with E-state index in [-0.39, 0.29) is 10.8 Å². The van der Waals surface area contributed by atoms with Crippen LogP contribution in [0.2, 0.25) is 0 Å². The van der Waals surface area contributed by atoms with Crippen molar-refractivity contribution < 1.29 is 9.90 Å². The van der Waals surface area contributed by atoms with Gasteiger partial charge in [0.05, 0.1) is 6.07 Å². The summed E-state index contributed by atoms with van der Waals surface area (Å²) in [7, 11) is 0. The summed E-state index contributed by atoms with van der Waals surface area (Å²) in [4.78, 5) is 11.9. The molecule has 4 aliphatic carbocycles. The number of hydrogen-bond acceptors (Lipinski definition) is 3. The minimum Gasteiger partial charge on any atom is -0.375 e. The lowest BCUT2D eigenvalue weighted by atomic mass is 9.44. The first kappa shape index (κ1) is 16.3. The highest BCUT2D eigenvalue weighted by Gasteiger charge is 2.65. The maximum Gasteiger partial charge on any atom is 0.156 e. The van der Waals surface area contributed by atoms with Crippen LogP contribution in [-0.4, -0.2) is 16.5 Å². The molecule has 1 N–H and O–H groups in total. The molecule has 7 atom stereocenters. The molecule has 4 rings (SSSR count). The Hall–Kier alpha value is -1.14. The van der Waals surface area contributed by atoms with Gasteiger partial charge in [0.2, 0.25) is 0 Å². The molecule has 2 unspecified atom stereocenters. The van der Waals surface area contributed by atoms with E-state index in [0.29, 0.717) is 42.3 Å². The van der Waals surface area contributed by atoms with Gasteiger partial charge in [-0.15, -0.1) is 0 Å². The second-order valence-electron chi connectivity index (χ2n) is 9.49. The number of aliphatic hydroxyl groups is 1. The van der Waals surface area contributed by atoms with Gasteiger partial charge in [-0.3, -0.25) is 4.79 Å². The smallest absolute Gasteiger partial charge is 0.156 e. The third kappa shape index (κ3) is 1.84. The molecule has 0 saturated heterocycles. The highest BCUT2D eigenvalue weighted by molar-refractivity contribution is 5.91. The number of fused-ring (bicyclic) bond motifs is 5. The van der Waals surface area contributed by atoms with Crippen molar-refractivity contribution in [3.05, 3.63) is 11.6 Å². The number of ketones is 1. The van der Waals surface area contributed by atoms with Gasteiger partial charge < -0.3 is 5.11 Å². The van der Waals surface area contributed by atoms with Crippen LogP contribution in [0.1, 0.15) is 65.7 Å². The Bertz CT molecular complexity index is 661. The maximum atomic E-state index is 11.9. The summed E-state index contributed by atoms with van der Waals surface area (Å²) in [5, 5.41) is 20.6. The largest absolute Gasteiger partial charge is 0.375 e. The van der Waals surface area contributed by atoms with Crippen LogP contribution in [0.15, 0.2) is 11.6 Å². The summed E-state index contributed by atoms with van der Waals surface area (Å²) in [5.41, 5.74) is 0.116. The Morgan fingerprint density at radius 3 is 2.62 bits per heavy atom. The maximum absolute atomic E-state index is 11.9. The zero-order valence-electron chi connectivity index (χ0n) is 15.1. The van der Waals surface area contributed by atoms with Gasteiger partial charge >= 0.3 is 0 Å². The van der Waals surface area contributed by atoms with E-state index in [0.717, 1.165) is 32.1 Å². The molecular weight excluding hydrogens is 298 g/mol. The first-order valence-electron chi connectivity index (χ1n) is 9.63. The van der Waals surface area contributed by atoms with Gasteiger partial charge in [0.25, 0.3) is 0 Å². The summed E-state index contributed by atoms with van der Waals surface area (Å²) in [5.74, 6) is 2.44. The molecule has 3 heteroatoms. The number of carbonyl (C=O) groups is 1. The predicted octanol–water partition coefficient (Wildman–Crippen LogP) is 4.02. The Labute approximate surface area is 145 Å². The normalized spacial score (nSPS) is 53.5. The number of carbonyl (C=O) groups excluding carboxylic acids is 1. The lowest BCUT2D eigenvalue weighted by Gasteiger charge is -2.60. The second kappa shape index (κ2) is 4.94. The third-order valence-electron chi connectivity index (χ3n) is 8.65. The van der Waals surface area contributed by atoms with E-state index in [9.17, 15) is 15.2 Å². The molecule has 3 nitrogen and oxygen atoms in total. The number of nitriles is 1. The molecule has 0 aromatic carbocycles. The van der Waals surface area contributed by atoms with Crippen molar-refractivity contribution in [1.82, 2.24) is 0 Å². The van der Waals surface area contributed by atoms with Crippen molar-refractivity contribution >= 4 is 5.78 Å². The Morgan fingerprint density at radius 1 is 1.21 bits per heavy atom. The van der Waals surface area contributed by atoms with E-state index in [2.05, 4.69) is 26.8 Å². The lowest BCUT2D eigenvalue weighted by Crippen LogP contribution is -2.56. The fraction of sp³-hybridized carbons (Fsp3) is 0.810. The molecule has 3 fully saturated rings. The van der Waals surface area contributed by atoms with E-state index in [1.807, 2.05) is 6.08 Å². The topological polar surface area (TPSA) is 61.1 Å². The Balaban J connectivity index is 1.75. The summed E-state index contributed by atoms with van der Waals surface area (Å²) in [6, 6.07) is 2.26. The number of hydrogen-bond donors (Lipinski definition) is 1. The monoisotopic (exact) mass is 327 g/mol. The zero-order valence-corrected chi connectivity index (χ0v) is 15.1. The van der Waals surface area contributed by atoms with Crippen molar-refractivity contribution in [2.24, 2.45) is 34.5 Å². The molecule has 24 heavy (non-hydrogen) atoms. The minimum absolute atomic E-state index is 0.153. The van der Waals surface area contributed by atoms with Crippen LogP contribution in [0.4, 0.5) is 0 Å². The average molecular weight is 327 g/mol. The summed E-state index contributed by atoms with van der Waals surface area (Å²) < 4.78 is 0. The first-order chi connectivity index (χ1) is 11.2. The molecule has 0 aliphatic heterocycles. The molecule has 0 radical (unpaired) electrons. The van der Waals surface area contributed by atoms with Crippen molar-refractivity contribution in [3.63, 3.8) is 0 Å².